The molecule has 0 aliphatic carbocycles. The molecule has 1 aliphatic heterocycles. The average Bonchev–Trinajstić information content (AvgIpc) is 2.55. The number of pyridine rings is 1. The van der Waals surface area contributed by atoms with Crippen molar-refractivity contribution < 1.29 is 14.3 Å². The van der Waals surface area contributed by atoms with Crippen LogP contribution in [0, 0.1) is 0 Å². The highest BCUT2D eigenvalue weighted by atomic mass is 32.2. The van der Waals surface area contributed by atoms with Crippen molar-refractivity contribution in [2.45, 2.75) is 30.8 Å². The monoisotopic (exact) mass is 323 g/mol. The first kappa shape index (κ1) is 16.6. The van der Waals surface area contributed by atoms with Crippen LogP contribution in [-0.4, -0.2) is 53.9 Å². The lowest BCUT2D eigenvalue weighted by Crippen LogP contribution is -2.46. The Morgan fingerprint density at radius 3 is 2.68 bits per heavy atom. The fourth-order valence-electron chi connectivity index (χ4n) is 2.35. The van der Waals surface area contributed by atoms with Crippen LogP contribution in [-0.2, 0) is 4.74 Å². The summed E-state index contributed by atoms with van der Waals surface area (Å²) in [7, 11) is 1.38. The zero-order valence-electron chi connectivity index (χ0n) is 12.9. The second kappa shape index (κ2) is 8.03. The van der Waals surface area contributed by atoms with Gasteiger partial charge < -0.3 is 15.0 Å². The van der Waals surface area contributed by atoms with Gasteiger partial charge in [-0.05, 0) is 30.7 Å². The number of carbonyl (C=O) groups is 2. The minimum atomic E-state index is -0.307. The van der Waals surface area contributed by atoms with Gasteiger partial charge in [0.2, 0.25) is 0 Å². The molecule has 0 radical (unpaired) electrons. The number of hydrogen-bond donors (Lipinski definition) is 1. The molecule has 1 N–H and O–H groups in total. The number of thioether (sulfide) groups is 1. The van der Waals surface area contributed by atoms with Crippen LogP contribution in [0.1, 0.15) is 30.1 Å². The highest BCUT2D eigenvalue weighted by Gasteiger charge is 2.24. The van der Waals surface area contributed by atoms with Crippen LogP contribution in [0.5, 0.6) is 0 Å². The van der Waals surface area contributed by atoms with E-state index < -0.39 is 0 Å². The van der Waals surface area contributed by atoms with Gasteiger partial charge in [-0.3, -0.25) is 4.79 Å². The van der Waals surface area contributed by atoms with Gasteiger partial charge in [0.15, 0.2) is 0 Å². The predicted octanol–water partition coefficient (Wildman–Crippen LogP) is 2.15. The fourth-order valence-corrected chi connectivity index (χ4v) is 2.94. The van der Waals surface area contributed by atoms with Gasteiger partial charge in [-0.2, -0.15) is 0 Å². The van der Waals surface area contributed by atoms with Gasteiger partial charge in [-0.15, -0.1) is 11.8 Å². The maximum absolute atomic E-state index is 12.2. The molecule has 0 saturated carbocycles. The minimum Gasteiger partial charge on any atom is -0.453 e. The Bertz CT molecular complexity index is 513. The summed E-state index contributed by atoms with van der Waals surface area (Å²) < 4.78 is 4.70. The summed E-state index contributed by atoms with van der Waals surface area (Å²) in [6.07, 6.45) is 2.77. The number of hydrogen-bond acceptors (Lipinski definition) is 5. The molecule has 6 nitrogen and oxygen atoms in total. The number of rotatable bonds is 4. The third kappa shape index (κ3) is 4.37. The van der Waals surface area contributed by atoms with E-state index in [0.29, 0.717) is 18.7 Å². The maximum Gasteiger partial charge on any atom is 0.409 e. The Hall–Kier alpha value is -1.76. The topological polar surface area (TPSA) is 71.5 Å². The number of carbonyl (C=O) groups excluding carboxylic acids is 2. The Morgan fingerprint density at radius 2 is 2.14 bits per heavy atom. The molecule has 22 heavy (non-hydrogen) atoms. The third-order valence-electron chi connectivity index (χ3n) is 3.55. The zero-order chi connectivity index (χ0) is 15.9. The molecule has 0 bridgehead atoms. The summed E-state index contributed by atoms with van der Waals surface area (Å²) in [5, 5.41) is 3.92. The van der Waals surface area contributed by atoms with Crippen molar-refractivity contribution in [3.05, 3.63) is 23.9 Å². The Balaban J connectivity index is 1.84. The van der Waals surface area contributed by atoms with Crippen LogP contribution in [0.4, 0.5) is 4.79 Å². The first-order chi connectivity index (χ1) is 10.6. The molecule has 0 aromatic carbocycles. The number of amides is 2. The summed E-state index contributed by atoms with van der Waals surface area (Å²) in [6.45, 7) is 3.26. The normalized spacial score (nSPS) is 15.5. The molecular formula is C15H21N3O3S. The molecular weight excluding hydrogens is 302 g/mol. The van der Waals surface area contributed by atoms with Crippen molar-refractivity contribution in [2.24, 2.45) is 0 Å². The van der Waals surface area contributed by atoms with Crippen LogP contribution in [0.15, 0.2) is 23.4 Å². The van der Waals surface area contributed by atoms with E-state index in [1.54, 1.807) is 28.9 Å². The van der Waals surface area contributed by atoms with Gasteiger partial charge in [-0.25, -0.2) is 9.78 Å². The summed E-state index contributed by atoms with van der Waals surface area (Å²) in [5.41, 5.74) is 0.566. The summed E-state index contributed by atoms with van der Waals surface area (Å²) in [4.78, 5) is 29.5. The molecule has 1 fully saturated rings. The van der Waals surface area contributed by atoms with E-state index in [1.165, 1.54) is 7.11 Å². The van der Waals surface area contributed by atoms with E-state index in [4.69, 9.17) is 4.74 Å². The molecule has 120 valence electrons. The van der Waals surface area contributed by atoms with E-state index in [-0.39, 0.29) is 18.0 Å². The van der Waals surface area contributed by atoms with Crippen LogP contribution < -0.4 is 5.32 Å². The van der Waals surface area contributed by atoms with E-state index in [9.17, 15) is 9.59 Å². The number of likely N-dealkylation sites (tertiary alicyclic amines) is 1. The molecule has 1 saturated heterocycles. The first-order valence-corrected chi connectivity index (χ1v) is 8.35. The van der Waals surface area contributed by atoms with Crippen LogP contribution in [0.3, 0.4) is 0 Å². The lowest BCUT2D eigenvalue weighted by atomic mass is 10.0. The second-order valence-corrected chi connectivity index (χ2v) is 6.31. The zero-order valence-corrected chi connectivity index (χ0v) is 13.7. The van der Waals surface area contributed by atoms with Crippen LogP contribution in [0.2, 0.25) is 0 Å². The summed E-state index contributed by atoms with van der Waals surface area (Å²) in [5.74, 6) is 0.842. The Kier molecular flexibility index (Phi) is 6.06. The van der Waals surface area contributed by atoms with Gasteiger partial charge in [0.1, 0.15) is 0 Å². The number of aromatic nitrogens is 1. The Morgan fingerprint density at radius 1 is 1.41 bits per heavy atom. The number of piperidine rings is 1. The standard InChI is InChI=1S/C15H21N3O3S/c1-3-22-13-5-4-11(10-16-13)14(19)17-12-6-8-18(9-7-12)15(20)21-2/h4-5,10,12H,3,6-9H2,1-2H3,(H,17,19). The van der Waals surface area contributed by atoms with Crippen molar-refractivity contribution in [3.8, 4) is 0 Å². The first-order valence-electron chi connectivity index (χ1n) is 7.36. The third-order valence-corrected chi connectivity index (χ3v) is 4.38. The lowest BCUT2D eigenvalue weighted by molar-refractivity contribution is 0.0892. The molecule has 0 spiro atoms. The fraction of sp³-hybridized carbons (Fsp3) is 0.533. The predicted molar refractivity (Wildman–Crippen MR) is 85.1 cm³/mol. The minimum absolute atomic E-state index is 0.0816. The van der Waals surface area contributed by atoms with Gasteiger partial charge >= 0.3 is 6.09 Å². The van der Waals surface area contributed by atoms with Crippen molar-refractivity contribution in [1.82, 2.24) is 15.2 Å². The lowest BCUT2D eigenvalue weighted by Gasteiger charge is -2.31. The average molecular weight is 323 g/mol. The van der Waals surface area contributed by atoms with Crippen molar-refractivity contribution in [1.29, 1.82) is 0 Å². The largest absolute Gasteiger partial charge is 0.453 e. The molecule has 1 aromatic heterocycles. The molecule has 1 aromatic rings. The summed E-state index contributed by atoms with van der Waals surface area (Å²) >= 11 is 1.64. The van der Waals surface area contributed by atoms with Crippen molar-refractivity contribution in [3.63, 3.8) is 0 Å². The smallest absolute Gasteiger partial charge is 0.409 e. The number of nitrogens with zero attached hydrogens (tertiary/aromatic N) is 2. The molecule has 0 unspecified atom stereocenters. The van der Waals surface area contributed by atoms with Crippen LogP contribution >= 0.6 is 11.8 Å². The SMILES string of the molecule is CCSc1ccc(C(=O)NC2CCN(C(=O)OC)CC2)cn1. The number of methoxy groups -OCH3 is 1. The highest BCUT2D eigenvalue weighted by Crippen LogP contribution is 2.15. The molecule has 2 heterocycles. The molecule has 0 atom stereocenters. The quantitative estimate of drug-likeness (QED) is 0.860. The van der Waals surface area contributed by atoms with E-state index in [1.807, 2.05) is 6.07 Å². The molecule has 2 rings (SSSR count). The Labute approximate surface area is 134 Å². The highest BCUT2D eigenvalue weighted by molar-refractivity contribution is 7.99. The molecule has 7 heteroatoms. The van der Waals surface area contributed by atoms with E-state index in [2.05, 4.69) is 17.2 Å². The second-order valence-electron chi connectivity index (χ2n) is 5.02. The maximum atomic E-state index is 12.2. The van der Waals surface area contributed by atoms with Gasteiger partial charge in [0.05, 0.1) is 17.7 Å². The van der Waals surface area contributed by atoms with Crippen molar-refractivity contribution in [2.75, 3.05) is 26.0 Å². The van der Waals surface area contributed by atoms with Gasteiger partial charge in [0.25, 0.3) is 5.91 Å². The molecule has 2 amide bonds. The molecule has 1 aliphatic rings. The number of nitrogens with one attached hydrogen (secondary N) is 1. The van der Waals surface area contributed by atoms with Crippen molar-refractivity contribution >= 4 is 23.8 Å². The van der Waals surface area contributed by atoms with E-state index in [0.717, 1.165) is 23.6 Å². The van der Waals surface area contributed by atoms with Gasteiger partial charge in [-0.1, -0.05) is 6.92 Å². The van der Waals surface area contributed by atoms with E-state index >= 15 is 0 Å². The summed E-state index contributed by atoms with van der Waals surface area (Å²) in [6, 6.07) is 3.74. The van der Waals surface area contributed by atoms with Crippen LogP contribution in [0.25, 0.3) is 0 Å². The van der Waals surface area contributed by atoms with Gasteiger partial charge in [0, 0.05) is 25.3 Å². The number of ether oxygens (including phenoxy) is 1.